The van der Waals surface area contributed by atoms with E-state index < -0.39 is 0 Å². The number of aromatic nitrogens is 2. The molecule has 16 heavy (non-hydrogen) atoms. The van der Waals surface area contributed by atoms with Crippen LogP contribution in [0, 0.1) is 0 Å². The molecule has 0 aliphatic carbocycles. The summed E-state index contributed by atoms with van der Waals surface area (Å²) in [6.45, 7) is 0. The smallest absolute Gasteiger partial charge is 0.195 e. The molecule has 80 valence electrons. The maximum absolute atomic E-state index is 5.89. The number of nitrogen functional groups attached to an aromatic ring is 1. The second kappa shape index (κ2) is 3.61. The van der Waals surface area contributed by atoms with E-state index in [4.69, 9.17) is 5.73 Å². The third-order valence-corrected chi connectivity index (χ3v) is 3.78. The first-order valence-corrected chi connectivity index (χ1v) is 6.39. The number of imidazole rings is 1. The molecule has 2 heterocycles. The summed E-state index contributed by atoms with van der Waals surface area (Å²) in [7, 11) is 0. The molecular formula is C11H8BrN3S. The van der Waals surface area contributed by atoms with Crippen LogP contribution in [0.3, 0.4) is 0 Å². The number of nitrogens with two attached hydrogens (primary N) is 1. The first-order valence-electron chi connectivity index (χ1n) is 4.72. The lowest BCUT2D eigenvalue weighted by atomic mass is 10.2. The lowest BCUT2D eigenvalue weighted by Crippen LogP contribution is -1.92. The summed E-state index contributed by atoms with van der Waals surface area (Å²) in [4.78, 5) is 5.16. The van der Waals surface area contributed by atoms with Gasteiger partial charge in [0.15, 0.2) is 4.96 Å². The van der Waals surface area contributed by atoms with Crippen LogP contribution in [0.4, 0.5) is 5.82 Å². The second-order valence-corrected chi connectivity index (χ2v) is 5.18. The van der Waals surface area contributed by atoms with Crippen LogP contribution < -0.4 is 5.73 Å². The average Bonchev–Trinajstić information content (AvgIpc) is 2.84. The fourth-order valence-electron chi connectivity index (χ4n) is 1.65. The van der Waals surface area contributed by atoms with Gasteiger partial charge in [0.05, 0.1) is 11.9 Å². The van der Waals surface area contributed by atoms with Gasteiger partial charge in [-0.25, -0.2) is 4.98 Å². The van der Waals surface area contributed by atoms with Crippen molar-refractivity contribution in [3.63, 3.8) is 0 Å². The first kappa shape index (κ1) is 9.86. The predicted molar refractivity (Wildman–Crippen MR) is 70.6 cm³/mol. The highest BCUT2D eigenvalue weighted by Crippen LogP contribution is 2.28. The van der Waals surface area contributed by atoms with Crippen molar-refractivity contribution in [2.75, 3.05) is 5.73 Å². The number of hydrogen-bond donors (Lipinski definition) is 1. The molecule has 0 fully saturated rings. The van der Waals surface area contributed by atoms with E-state index in [0.29, 0.717) is 5.82 Å². The van der Waals surface area contributed by atoms with Crippen molar-refractivity contribution in [1.82, 2.24) is 9.38 Å². The quantitative estimate of drug-likeness (QED) is 0.747. The third kappa shape index (κ3) is 1.44. The van der Waals surface area contributed by atoms with E-state index >= 15 is 0 Å². The Morgan fingerprint density at radius 3 is 2.75 bits per heavy atom. The van der Waals surface area contributed by atoms with Gasteiger partial charge in [0.2, 0.25) is 0 Å². The molecule has 0 bridgehead atoms. The van der Waals surface area contributed by atoms with Crippen molar-refractivity contribution in [2.45, 2.75) is 0 Å². The van der Waals surface area contributed by atoms with E-state index in [-0.39, 0.29) is 0 Å². The van der Waals surface area contributed by atoms with Crippen molar-refractivity contribution in [3.8, 4) is 11.3 Å². The molecule has 0 saturated carbocycles. The lowest BCUT2D eigenvalue weighted by molar-refractivity contribution is 1.24. The van der Waals surface area contributed by atoms with Gasteiger partial charge in [0.25, 0.3) is 0 Å². The molecule has 0 aliphatic heterocycles. The van der Waals surface area contributed by atoms with Gasteiger partial charge in [-0.1, -0.05) is 28.1 Å². The minimum Gasteiger partial charge on any atom is -0.383 e. The van der Waals surface area contributed by atoms with Gasteiger partial charge in [0.1, 0.15) is 5.82 Å². The topological polar surface area (TPSA) is 43.3 Å². The van der Waals surface area contributed by atoms with Gasteiger partial charge in [0, 0.05) is 9.85 Å². The molecule has 2 N–H and O–H groups in total. The third-order valence-electron chi connectivity index (χ3n) is 2.41. The highest BCUT2D eigenvalue weighted by atomic mass is 79.9. The van der Waals surface area contributed by atoms with Crippen LogP contribution in [0.1, 0.15) is 0 Å². The van der Waals surface area contributed by atoms with Crippen LogP contribution >= 0.6 is 27.3 Å². The molecule has 1 aromatic carbocycles. The molecule has 0 saturated heterocycles. The Labute approximate surface area is 105 Å². The molecule has 0 spiro atoms. The summed E-state index contributed by atoms with van der Waals surface area (Å²) in [5.74, 6) is 0.675. The number of anilines is 1. The molecule has 3 rings (SSSR count). The largest absolute Gasteiger partial charge is 0.383 e. The van der Waals surface area contributed by atoms with E-state index in [9.17, 15) is 0 Å². The lowest BCUT2D eigenvalue weighted by Gasteiger charge is -2.01. The SMILES string of the molecule is Nc1cnc2scc(-c3ccc(Br)cc3)n12. The summed E-state index contributed by atoms with van der Waals surface area (Å²) >= 11 is 5.02. The zero-order valence-corrected chi connectivity index (χ0v) is 10.6. The number of halogens is 1. The Bertz CT molecular complexity index is 639. The second-order valence-electron chi connectivity index (χ2n) is 3.43. The minimum atomic E-state index is 0.675. The summed E-state index contributed by atoms with van der Waals surface area (Å²) in [6.07, 6.45) is 1.69. The number of fused-ring (bicyclic) bond motifs is 1. The Balaban J connectivity index is 2.25. The predicted octanol–water partition coefficient (Wildman–Crippen LogP) is 3.41. The molecule has 0 atom stereocenters. The van der Waals surface area contributed by atoms with Crippen LogP contribution in [-0.2, 0) is 0 Å². The van der Waals surface area contributed by atoms with Gasteiger partial charge in [-0.15, -0.1) is 11.3 Å². The molecule has 0 amide bonds. The van der Waals surface area contributed by atoms with Crippen molar-refractivity contribution >= 4 is 38.0 Å². The maximum Gasteiger partial charge on any atom is 0.195 e. The van der Waals surface area contributed by atoms with E-state index in [1.54, 1.807) is 17.5 Å². The zero-order valence-electron chi connectivity index (χ0n) is 8.22. The Kier molecular flexibility index (Phi) is 2.22. The normalized spacial score (nSPS) is 11.1. The van der Waals surface area contributed by atoms with Gasteiger partial charge >= 0.3 is 0 Å². The minimum absolute atomic E-state index is 0.675. The molecule has 2 aromatic heterocycles. The molecule has 3 aromatic rings. The maximum atomic E-state index is 5.89. The Hall–Kier alpha value is -1.33. The molecule has 0 unspecified atom stereocenters. The van der Waals surface area contributed by atoms with Crippen molar-refractivity contribution in [1.29, 1.82) is 0 Å². The summed E-state index contributed by atoms with van der Waals surface area (Å²) in [6, 6.07) is 8.16. The molecule has 5 heteroatoms. The van der Waals surface area contributed by atoms with Gasteiger partial charge in [-0.3, -0.25) is 4.40 Å². The summed E-state index contributed by atoms with van der Waals surface area (Å²) in [5.41, 5.74) is 8.11. The molecule has 3 nitrogen and oxygen atoms in total. The van der Waals surface area contributed by atoms with Crippen molar-refractivity contribution < 1.29 is 0 Å². The van der Waals surface area contributed by atoms with Crippen LogP contribution in [0.25, 0.3) is 16.2 Å². The number of rotatable bonds is 1. The average molecular weight is 294 g/mol. The highest BCUT2D eigenvalue weighted by molar-refractivity contribution is 9.10. The van der Waals surface area contributed by atoms with Crippen LogP contribution in [0.5, 0.6) is 0 Å². The highest BCUT2D eigenvalue weighted by Gasteiger charge is 2.09. The summed E-state index contributed by atoms with van der Waals surface area (Å²) in [5, 5.41) is 2.07. The monoisotopic (exact) mass is 293 g/mol. The van der Waals surface area contributed by atoms with E-state index in [0.717, 1.165) is 20.7 Å². The number of thiazole rings is 1. The Morgan fingerprint density at radius 2 is 2.00 bits per heavy atom. The van der Waals surface area contributed by atoms with Crippen molar-refractivity contribution in [3.05, 3.63) is 40.3 Å². The fraction of sp³-hybridized carbons (Fsp3) is 0. The zero-order chi connectivity index (χ0) is 11.1. The number of hydrogen-bond acceptors (Lipinski definition) is 3. The Morgan fingerprint density at radius 1 is 1.25 bits per heavy atom. The van der Waals surface area contributed by atoms with Crippen LogP contribution in [0.2, 0.25) is 0 Å². The van der Waals surface area contributed by atoms with Gasteiger partial charge in [-0.2, -0.15) is 0 Å². The van der Waals surface area contributed by atoms with E-state index in [2.05, 4.69) is 38.4 Å². The molecular weight excluding hydrogens is 286 g/mol. The van der Waals surface area contributed by atoms with Crippen molar-refractivity contribution in [2.24, 2.45) is 0 Å². The number of nitrogens with zero attached hydrogens (tertiary/aromatic N) is 2. The van der Waals surface area contributed by atoms with Gasteiger partial charge < -0.3 is 5.73 Å². The van der Waals surface area contributed by atoms with Gasteiger partial charge in [-0.05, 0) is 17.7 Å². The van der Waals surface area contributed by atoms with E-state index in [1.165, 1.54) is 0 Å². The molecule has 0 radical (unpaired) electrons. The van der Waals surface area contributed by atoms with Crippen LogP contribution in [0.15, 0.2) is 40.3 Å². The number of benzene rings is 1. The fourth-order valence-corrected chi connectivity index (χ4v) is 2.80. The van der Waals surface area contributed by atoms with Crippen LogP contribution in [-0.4, -0.2) is 9.38 Å². The first-order chi connectivity index (χ1) is 7.75. The van der Waals surface area contributed by atoms with E-state index in [1.807, 2.05) is 16.5 Å². The summed E-state index contributed by atoms with van der Waals surface area (Å²) < 4.78 is 3.04. The standard InChI is InChI=1S/C11H8BrN3S/c12-8-3-1-7(2-4-8)9-6-16-11-14-5-10(13)15(9)11/h1-6H,13H2. The molecule has 0 aliphatic rings.